The predicted octanol–water partition coefficient (Wildman–Crippen LogP) is 4.86. The van der Waals surface area contributed by atoms with Crippen LogP contribution in [0.4, 0.5) is 4.39 Å². The zero-order chi connectivity index (χ0) is 21.4. The molecule has 1 saturated carbocycles. The van der Waals surface area contributed by atoms with Crippen molar-refractivity contribution in [1.82, 2.24) is 25.1 Å². The fourth-order valence-electron chi connectivity index (χ4n) is 3.72. The van der Waals surface area contributed by atoms with Crippen LogP contribution in [0.3, 0.4) is 0 Å². The maximum atomic E-state index is 13.1. The Bertz CT molecular complexity index is 1220. The predicted molar refractivity (Wildman–Crippen MR) is 117 cm³/mol. The van der Waals surface area contributed by atoms with E-state index in [-0.39, 0.29) is 23.7 Å². The summed E-state index contributed by atoms with van der Waals surface area (Å²) in [7, 11) is 0. The van der Waals surface area contributed by atoms with E-state index < -0.39 is 0 Å². The Kier molecular flexibility index (Phi) is 5.25. The van der Waals surface area contributed by atoms with Gasteiger partial charge in [-0.1, -0.05) is 23.7 Å². The number of thiazole rings is 1. The lowest BCUT2D eigenvalue weighted by atomic mass is 9.79. The van der Waals surface area contributed by atoms with Crippen LogP contribution >= 0.6 is 22.9 Å². The number of carbonyl (C=O) groups excluding carboxylic acids is 1. The van der Waals surface area contributed by atoms with E-state index in [0.29, 0.717) is 16.4 Å². The molecule has 1 aliphatic rings. The number of halogens is 2. The zero-order valence-corrected chi connectivity index (χ0v) is 17.8. The molecule has 6 nitrogen and oxygen atoms in total. The fourth-order valence-corrected chi connectivity index (χ4v) is 4.55. The van der Waals surface area contributed by atoms with E-state index >= 15 is 0 Å². The molecule has 156 valence electrons. The van der Waals surface area contributed by atoms with Gasteiger partial charge in [0, 0.05) is 29.1 Å². The van der Waals surface area contributed by atoms with Crippen molar-refractivity contribution >= 4 is 28.8 Å². The molecular formula is C22H17ClFN5OS. The largest absolute Gasteiger partial charge is 0.349 e. The molecule has 9 heteroatoms. The summed E-state index contributed by atoms with van der Waals surface area (Å²) < 4.78 is 15.0. The van der Waals surface area contributed by atoms with Crippen LogP contribution < -0.4 is 5.32 Å². The standard InChI is InChI=1S/C22H17ClFN5OS/c23-17-3-1-2-4-18(17)29-19(27-28-20(29)22-25-9-10-31-22)14-11-16(12-14)26-21(30)13-5-7-15(24)8-6-13/h1-10,14,16H,11-12H2,(H,26,30). The monoisotopic (exact) mass is 453 g/mol. The molecule has 31 heavy (non-hydrogen) atoms. The molecular weight excluding hydrogens is 437 g/mol. The van der Waals surface area contributed by atoms with E-state index in [0.717, 1.165) is 29.4 Å². The van der Waals surface area contributed by atoms with E-state index in [2.05, 4.69) is 20.5 Å². The highest BCUT2D eigenvalue weighted by atomic mass is 35.5. The highest BCUT2D eigenvalue weighted by molar-refractivity contribution is 7.13. The van der Waals surface area contributed by atoms with Gasteiger partial charge in [-0.3, -0.25) is 9.36 Å². The zero-order valence-electron chi connectivity index (χ0n) is 16.2. The molecule has 0 bridgehead atoms. The third kappa shape index (κ3) is 3.84. The maximum Gasteiger partial charge on any atom is 0.251 e. The number of aromatic nitrogens is 4. The summed E-state index contributed by atoms with van der Waals surface area (Å²) in [6.07, 6.45) is 3.19. The number of nitrogens with zero attached hydrogens (tertiary/aromatic N) is 4. The normalized spacial score (nSPS) is 17.9. The van der Waals surface area contributed by atoms with E-state index in [1.807, 2.05) is 34.2 Å². The van der Waals surface area contributed by atoms with Crippen LogP contribution in [0.15, 0.2) is 60.1 Å². The molecule has 0 radical (unpaired) electrons. The lowest BCUT2D eigenvalue weighted by Crippen LogP contribution is -2.44. The highest BCUT2D eigenvalue weighted by Gasteiger charge is 2.36. The van der Waals surface area contributed by atoms with Gasteiger partial charge in [0.05, 0.1) is 10.7 Å². The lowest BCUT2D eigenvalue weighted by molar-refractivity contribution is 0.0907. The first-order valence-corrected chi connectivity index (χ1v) is 11.0. The van der Waals surface area contributed by atoms with Crippen LogP contribution in [0.2, 0.25) is 5.02 Å². The van der Waals surface area contributed by atoms with Crippen LogP contribution in [0.5, 0.6) is 0 Å². The molecule has 2 aromatic heterocycles. The van der Waals surface area contributed by atoms with Gasteiger partial charge in [-0.25, -0.2) is 9.37 Å². The number of rotatable bonds is 5. The summed E-state index contributed by atoms with van der Waals surface area (Å²) in [6, 6.07) is 13.1. The van der Waals surface area contributed by atoms with Crippen LogP contribution in [-0.4, -0.2) is 31.7 Å². The van der Waals surface area contributed by atoms with Crippen molar-refractivity contribution < 1.29 is 9.18 Å². The Morgan fingerprint density at radius 2 is 1.90 bits per heavy atom. The van der Waals surface area contributed by atoms with Gasteiger partial charge in [0.15, 0.2) is 10.8 Å². The minimum absolute atomic E-state index is 0.0160. The Hall–Kier alpha value is -3.10. The number of benzene rings is 2. The van der Waals surface area contributed by atoms with Gasteiger partial charge in [0.2, 0.25) is 0 Å². The number of hydrogen-bond acceptors (Lipinski definition) is 5. The molecule has 1 fully saturated rings. The average molecular weight is 454 g/mol. The quantitative estimate of drug-likeness (QED) is 0.468. The molecule has 0 aliphatic heterocycles. The first-order valence-electron chi connectivity index (χ1n) is 9.76. The number of hydrogen-bond donors (Lipinski definition) is 1. The van der Waals surface area contributed by atoms with Crippen LogP contribution in [-0.2, 0) is 0 Å². The molecule has 0 atom stereocenters. The minimum atomic E-state index is -0.366. The molecule has 2 aromatic carbocycles. The summed E-state index contributed by atoms with van der Waals surface area (Å²) in [6.45, 7) is 0. The third-order valence-electron chi connectivity index (χ3n) is 5.35. The van der Waals surface area contributed by atoms with Crippen molar-refractivity contribution in [2.75, 3.05) is 0 Å². The van der Waals surface area contributed by atoms with E-state index in [1.165, 1.54) is 35.6 Å². The second-order valence-corrected chi connectivity index (χ2v) is 8.65. The SMILES string of the molecule is O=C(NC1CC(c2nnc(-c3nccs3)n2-c2ccccc2Cl)C1)c1ccc(F)cc1. The summed E-state index contributed by atoms with van der Waals surface area (Å²) >= 11 is 7.97. The molecule has 2 heterocycles. The van der Waals surface area contributed by atoms with Gasteiger partial charge in [-0.2, -0.15) is 0 Å². The second kappa shape index (κ2) is 8.20. The van der Waals surface area contributed by atoms with Crippen LogP contribution in [0.1, 0.15) is 34.9 Å². The van der Waals surface area contributed by atoms with E-state index in [1.54, 1.807) is 6.20 Å². The lowest BCUT2D eigenvalue weighted by Gasteiger charge is -2.35. The van der Waals surface area contributed by atoms with Gasteiger partial charge >= 0.3 is 0 Å². The molecule has 5 rings (SSSR count). The highest BCUT2D eigenvalue weighted by Crippen LogP contribution is 2.39. The molecule has 1 amide bonds. The first-order chi connectivity index (χ1) is 15.1. The minimum Gasteiger partial charge on any atom is -0.349 e. The molecule has 0 saturated heterocycles. The summed E-state index contributed by atoms with van der Waals surface area (Å²) in [4.78, 5) is 16.8. The Balaban J connectivity index is 1.38. The van der Waals surface area contributed by atoms with Gasteiger partial charge < -0.3 is 5.32 Å². The number of para-hydroxylation sites is 1. The van der Waals surface area contributed by atoms with Crippen LogP contribution in [0.25, 0.3) is 16.5 Å². The summed E-state index contributed by atoms with van der Waals surface area (Å²) in [5.74, 6) is 0.994. The number of nitrogens with one attached hydrogen (secondary N) is 1. The topological polar surface area (TPSA) is 72.7 Å². The Morgan fingerprint density at radius 1 is 1.13 bits per heavy atom. The maximum absolute atomic E-state index is 13.1. The fraction of sp³-hybridized carbons (Fsp3) is 0.182. The summed E-state index contributed by atoms with van der Waals surface area (Å²) in [5, 5.41) is 15.1. The van der Waals surface area contributed by atoms with Gasteiger partial charge in [-0.05, 0) is 49.2 Å². The second-order valence-electron chi connectivity index (χ2n) is 7.35. The van der Waals surface area contributed by atoms with Crippen molar-refractivity contribution in [2.45, 2.75) is 24.8 Å². The average Bonchev–Trinajstić information content (AvgIpc) is 3.41. The first kappa shape index (κ1) is 19.8. The number of amides is 1. The summed E-state index contributed by atoms with van der Waals surface area (Å²) in [5.41, 5.74) is 1.24. The molecule has 1 aliphatic carbocycles. The van der Waals surface area contributed by atoms with Gasteiger partial charge in [-0.15, -0.1) is 21.5 Å². The van der Waals surface area contributed by atoms with Gasteiger partial charge in [0.25, 0.3) is 5.91 Å². The Morgan fingerprint density at radius 3 is 2.61 bits per heavy atom. The van der Waals surface area contributed by atoms with Crippen molar-refractivity contribution in [1.29, 1.82) is 0 Å². The van der Waals surface area contributed by atoms with Crippen molar-refractivity contribution in [3.05, 3.63) is 82.3 Å². The third-order valence-corrected chi connectivity index (χ3v) is 6.44. The van der Waals surface area contributed by atoms with Crippen molar-refractivity contribution in [3.8, 4) is 16.5 Å². The van der Waals surface area contributed by atoms with Gasteiger partial charge in [0.1, 0.15) is 11.6 Å². The van der Waals surface area contributed by atoms with Crippen molar-refractivity contribution in [3.63, 3.8) is 0 Å². The smallest absolute Gasteiger partial charge is 0.251 e. The Labute approximate surface area is 186 Å². The molecule has 0 unspecified atom stereocenters. The van der Waals surface area contributed by atoms with Crippen LogP contribution in [0, 0.1) is 5.82 Å². The van der Waals surface area contributed by atoms with E-state index in [4.69, 9.17) is 11.6 Å². The van der Waals surface area contributed by atoms with Crippen molar-refractivity contribution in [2.24, 2.45) is 0 Å². The van der Waals surface area contributed by atoms with E-state index in [9.17, 15) is 9.18 Å². The molecule has 1 N–H and O–H groups in total. The molecule has 4 aromatic rings. The molecule has 0 spiro atoms. The number of carbonyl (C=O) groups is 1.